The van der Waals surface area contributed by atoms with Gasteiger partial charge in [-0.05, 0) is 42.2 Å². The zero-order valence-corrected chi connectivity index (χ0v) is 13.0. The van der Waals surface area contributed by atoms with Crippen LogP contribution in [0, 0.1) is 11.2 Å². The highest BCUT2D eigenvalue weighted by molar-refractivity contribution is 5.88. The van der Waals surface area contributed by atoms with Gasteiger partial charge >= 0.3 is 5.97 Å². The Morgan fingerprint density at radius 1 is 1.41 bits per heavy atom. The Morgan fingerprint density at radius 3 is 2.73 bits per heavy atom. The first-order valence-electron chi connectivity index (χ1n) is 7.80. The molecule has 5 heteroatoms. The summed E-state index contributed by atoms with van der Waals surface area (Å²) in [6.45, 7) is 6.02. The van der Waals surface area contributed by atoms with Crippen LogP contribution < -0.4 is 10.1 Å². The van der Waals surface area contributed by atoms with Crippen LogP contribution in [0.5, 0.6) is 5.75 Å². The Balaban J connectivity index is 1.86. The van der Waals surface area contributed by atoms with Gasteiger partial charge in [-0.15, -0.1) is 0 Å². The first-order valence-corrected chi connectivity index (χ1v) is 7.80. The first kappa shape index (κ1) is 15.3. The van der Waals surface area contributed by atoms with E-state index in [2.05, 4.69) is 19.2 Å². The van der Waals surface area contributed by atoms with Crippen molar-refractivity contribution < 1.29 is 19.0 Å². The van der Waals surface area contributed by atoms with Crippen LogP contribution >= 0.6 is 0 Å². The van der Waals surface area contributed by atoms with Crippen molar-refractivity contribution in [1.29, 1.82) is 0 Å². The summed E-state index contributed by atoms with van der Waals surface area (Å²) in [5.41, 5.74) is 0.709. The van der Waals surface area contributed by atoms with Crippen molar-refractivity contribution in [1.82, 2.24) is 5.32 Å². The summed E-state index contributed by atoms with van der Waals surface area (Å²) in [5, 5.41) is 12.4. The Labute approximate surface area is 129 Å². The number of benzene rings is 1. The lowest BCUT2D eigenvalue weighted by molar-refractivity contribution is 0.0691. The third-order valence-corrected chi connectivity index (χ3v) is 4.40. The minimum Gasteiger partial charge on any atom is -0.489 e. The van der Waals surface area contributed by atoms with E-state index in [4.69, 9.17) is 9.84 Å². The molecule has 1 atom stereocenters. The topological polar surface area (TPSA) is 58.6 Å². The number of piperidine rings is 1. The SMILES string of the molecule is CC1(C)CNC[C@H](Oc2cc(F)c(C(=O)O)cc2C2CC2)C1. The molecule has 1 heterocycles. The van der Waals surface area contributed by atoms with Crippen molar-refractivity contribution in [2.75, 3.05) is 13.1 Å². The lowest BCUT2D eigenvalue weighted by Crippen LogP contribution is -2.46. The largest absolute Gasteiger partial charge is 0.489 e. The zero-order valence-electron chi connectivity index (χ0n) is 13.0. The van der Waals surface area contributed by atoms with Gasteiger partial charge in [-0.2, -0.15) is 0 Å². The van der Waals surface area contributed by atoms with Crippen LogP contribution in [0.2, 0.25) is 0 Å². The Kier molecular flexibility index (Phi) is 3.85. The molecule has 0 spiro atoms. The minimum absolute atomic E-state index is 0.0173. The van der Waals surface area contributed by atoms with Gasteiger partial charge in [-0.3, -0.25) is 0 Å². The van der Waals surface area contributed by atoms with E-state index in [0.29, 0.717) is 11.7 Å². The normalized spacial score (nSPS) is 24.0. The fraction of sp³-hybridized carbons (Fsp3) is 0.588. The number of nitrogens with one attached hydrogen (secondary N) is 1. The molecule has 1 saturated heterocycles. The highest BCUT2D eigenvalue weighted by atomic mass is 19.1. The molecule has 1 aromatic rings. The number of carboxylic acids is 1. The number of hydrogen-bond donors (Lipinski definition) is 2. The molecule has 3 rings (SSSR count). The van der Waals surface area contributed by atoms with Crippen molar-refractivity contribution in [3.8, 4) is 5.75 Å². The molecule has 0 aromatic heterocycles. The van der Waals surface area contributed by atoms with Crippen LogP contribution in [0.3, 0.4) is 0 Å². The summed E-state index contributed by atoms with van der Waals surface area (Å²) < 4.78 is 20.0. The second-order valence-corrected chi connectivity index (χ2v) is 7.19. The van der Waals surface area contributed by atoms with Crippen molar-refractivity contribution in [2.45, 2.75) is 45.1 Å². The van der Waals surface area contributed by atoms with E-state index in [9.17, 15) is 9.18 Å². The van der Waals surface area contributed by atoms with Gasteiger partial charge in [-0.25, -0.2) is 9.18 Å². The summed E-state index contributed by atoms with van der Waals surface area (Å²) in [6.07, 6.45) is 2.90. The van der Waals surface area contributed by atoms with Crippen LogP contribution in [-0.4, -0.2) is 30.3 Å². The van der Waals surface area contributed by atoms with E-state index < -0.39 is 11.8 Å². The molecule has 0 amide bonds. The van der Waals surface area contributed by atoms with E-state index in [0.717, 1.165) is 37.9 Å². The molecule has 2 fully saturated rings. The average Bonchev–Trinajstić information content (AvgIpc) is 3.21. The molecule has 0 radical (unpaired) electrons. The first-order chi connectivity index (χ1) is 10.4. The Morgan fingerprint density at radius 2 is 2.14 bits per heavy atom. The smallest absolute Gasteiger partial charge is 0.338 e. The molecule has 1 saturated carbocycles. The summed E-state index contributed by atoms with van der Waals surface area (Å²) >= 11 is 0. The van der Waals surface area contributed by atoms with Gasteiger partial charge in [-0.1, -0.05) is 13.8 Å². The van der Waals surface area contributed by atoms with Gasteiger partial charge < -0.3 is 15.2 Å². The Hall–Kier alpha value is -1.62. The maximum absolute atomic E-state index is 14.0. The second-order valence-electron chi connectivity index (χ2n) is 7.19. The number of aromatic carboxylic acids is 1. The number of ether oxygens (including phenoxy) is 1. The molecular formula is C17H22FNO3. The van der Waals surface area contributed by atoms with Crippen molar-refractivity contribution >= 4 is 5.97 Å². The third-order valence-electron chi connectivity index (χ3n) is 4.40. The predicted molar refractivity (Wildman–Crippen MR) is 81.0 cm³/mol. The van der Waals surface area contributed by atoms with E-state index >= 15 is 0 Å². The molecule has 4 nitrogen and oxygen atoms in total. The molecule has 0 bridgehead atoms. The van der Waals surface area contributed by atoms with Gasteiger partial charge in [0.2, 0.25) is 0 Å². The monoisotopic (exact) mass is 307 g/mol. The lowest BCUT2D eigenvalue weighted by atomic mass is 9.84. The van der Waals surface area contributed by atoms with Gasteiger partial charge in [0, 0.05) is 19.2 Å². The third kappa shape index (κ3) is 3.24. The quantitative estimate of drug-likeness (QED) is 0.897. The van der Waals surface area contributed by atoms with Crippen LogP contribution in [0.25, 0.3) is 0 Å². The number of hydrogen-bond acceptors (Lipinski definition) is 3. The molecule has 1 aliphatic carbocycles. The fourth-order valence-corrected chi connectivity index (χ4v) is 3.15. The molecule has 0 unspecified atom stereocenters. The minimum atomic E-state index is -1.23. The van der Waals surface area contributed by atoms with Crippen LogP contribution in [-0.2, 0) is 0 Å². The molecule has 22 heavy (non-hydrogen) atoms. The number of rotatable bonds is 4. The molecule has 2 N–H and O–H groups in total. The highest BCUT2D eigenvalue weighted by Crippen LogP contribution is 2.45. The van der Waals surface area contributed by atoms with Gasteiger partial charge in [0.25, 0.3) is 0 Å². The molecule has 1 aromatic carbocycles. The van der Waals surface area contributed by atoms with Crippen LogP contribution in [0.1, 0.15) is 54.9 Å². The van der Waals surface area contributed by atoms with Gasteiger partial charge in [0.1, 0.15) is 17.7 Å². The zero-order chi connectivity index (χ0) is 15.9. The maximum Gasteiger partial charge on any atom is 0.338 e. The highest BCUT2D eigenvalue weighted by Gasteiger charge is 2.33. The fourth-order valence-electron chi connectivity index (χ4n) is 3.15. The standard InChI is InChI=1S/C17H22FNO3/c1-17(2)7-11(8-19-9-17)22-15-6-14(18)13(16(20)21)5-12(15)10-3-4-10/h5-6,10-11,19H,3-4,7-9H2,1-2H3,(H,20,21)/t11-/m1/s1. The van der Waals surface area contributed by atoms with E-state index in [-0.39, 0.29) is 17.1 Å². The second kappa shape index (κ2) is 5.54. The van der Waals surface area contributed by atoms with Gasteiger partial charge in [0.15, 0.2) is 0 Å². The number of halogens is 1. The van der Waals surface area contributed by atoms with E-state index in [1.54, 1.807) is 0 Å². The lowest BCUT2D eigenvalue weighted by Gasteiger charge is -2.36. The maximum atomic E-state index is 14.0. The molecule has 1 aliphatic heterocycles. The Bertz CT molecular complexity index is 596. The predicted octanol–water partition coefficient (Wildman–Crippen LogP) is 3.17. The van der Waals surface area contributed by atoms with Crippen molar-refractivity contribution in [3.63, 3.8) is 0 Å². The van der Waals surface area contributed by atoms with Crippen LogP contribution in [0.4, 0.5) is 4.39 Å². The van der Waals surface area contributed by atoms with E-state index in [1.807, 2.05) is 0 Å². The van der Waals surface area contributed by atoms with Crippen molar-refractivity contribution in [3.05, 3.63) is 29.1 Å². The van der Waals surface area contributed by atoms with E-state index in [1.165, 1.54) is 12.1 Å². The average molecular weight is 307 g/mol. The summed E-state index contributed by atoms with van der Waals surface area (Å²) in [6, 6.07) is 2.70. The number of carbonyl (C=O) groups is 1. The molecule has 120 valence electrons. The molecular weight excluding hydrogens is 285 g/mol. The molecule has 2 aliphatic rings. The van der Waals surface area contributed by atoms with Gasteiger partial charge in [0.05, 0.1) is 5.56 Å². The van der Waals surface area contributed by atoms with Crippen LogP contribution in [0.15, 0.2) is 12.1 Å². The van der Waals surface area contributed by atoms with Crippen molar-refractivity contribution in [2.24, 2.45) is 5.41 Å². The summed E-state index contributed by atoms with van der Waals surface area (Å²) in [7, 11) is 0. The summed E-state index contributed by atoms with van der Waals surface area (Å²) in [4.78, 5) is 11.1. The summed E-state index contributed by atoms with van der Waals surface area (Å²) in [5.74, 6) is -1.14. The number of carboxylic acid groups (broad SMARTS) is 1.